The summed E-state index contributed by atoms with van der Waals surface area (Å²) in [6.07, 6.45) is 6.27. The predicted octanol–water partition coefficient (Wildman–Crippen LogP) is 3.97. The maximum atomic E-state index is 9.31. The number of halogens is 2. The van der Waals surface area contributed by atoms with Crippen molar-refractivity contribution < 1.29 is 31.3 Å². The molecule has 0 radical (unpaired) electrons. The summed E-state index contributed by atoms with van der Waals surface area (Å²) in [5.41, 5.74) is 1.34. The van der Waals surface area contributed by atoms with Gasteiger partial charge in [-0.25, -0.2) is 0 Å². The van der Waals surface area contributed by atoms with Gasteiger partial charge in [-0.2, -0.15) is 0 Å². The van der Waals surface area contributed by atoms with E-state index in [2.05, 4.69) is 32.2 Å². The first kappa shape index (κ1) is 19.9. The van der Waals surface area contributed by atoms with E-state index in [1.807, 2.05) is 0 Å². The van der Waals surface area contributed by atoms with E-state index in [1.165, 1.54) is 21.2 Å². The van der Waals surface area contributed by atoms with Gasteiger partial charge in [0.15, 0.2) is 0 Å². The van der Waals surface area contributed by atoms with Crippen molar-refractivity contribution in [2.45, 2.75) is 38.9 Å². The van der Waals surface area contributed by atoms with Crippen molar-refractivity contribution in [2.24, 2.45) is 0 Å². The minimum Gasteiger partial charge on any atom is -0.397 e. The molecule has 0 aromatic carbocycles. The Hall–Kier alpha value is 0.817. The van der Waals surface area contributed by atoms with Crippen LogP contribution in [0.25, 0.3) is 0 Å². The van der Waals surface area contributed by atoms with Crippen LogP contribution in [0.1, 0.15) is 19.8 Å². The average Bonchev–Trinajstić information content (AvgIpc) is 2.88. The van der Waals surface area contributed by atoms with Gasteiger partial charge >= 0.3 is 0 Å². The Morgan fingerprint density at radius 2 is 1.71 bits per heavy atom. The van der Waals surface area contributed by atoms with Gasteiger partial charge in [0.05, 0.1) is 17.6 Å². The largest absolute Gasteiger partial charge is 0.397 e. The number of aliphatic hydroxyl groups excluding tert-OH is 1. The summed E-state index contributed by atoms with van der Waals surface area (Å²) in [4.78, 5) is 0. The van der Waals surface area contributed by atoms with Crippen LogP contribution in [0, 0.1) is 0 Å². The van der Waals surface area contributed by atoms with E-state index in [-0.39, 0.29) is 32.8 Å². The standard InChI is InChI=1S/C15H22Cl2OSi2.Zr/c1-10-4-5-11(16)14(10)19-15-12(17)6-7-13(15)20(2,3)9-8-18;/h4,7,18H,5-6,8-9,19H2,1-3H3;. The SMILES string of the molecule is CC1=CCC(Cl)=C1[SiH2]C1=C(Cl)CC=C1[Si](C)(C)CCO.[Zr]. The van der Waals surface area contributed by atoms with Crippen LogP contribution in [0.4, 0.5) is 0 Å². The minimum atomic E-state index is -1.57. The van der Waals surface area contributed by atoms with Gasteiger partial charge in [-0.05, 0) is 23.4 Å². The second-order valence-electron chi connectivity index (χ2n) is 6.21. The van der Waals surface area contributed by atoms with E-state index in [4.69, 9.17) is 23.2 Å². The molecule has 0 heterocycles. The Kier molecular flexibility index (Phi) is 7.64. The van der Waals surface area contributed by atoms with Crippen molar-refractivity contribution in [3.63, 3.8) is 0 Å². The average molecular weight is 437 g/mol. The van der Waals surface area contributed by atoms with Crippen molar-refractivity contribution >= 4 is 40.8 Å². The third-order valence-corrected chi connectivity index (χ3v) is 11.9. The Labute approximate surface area is 160 Å². The Bertz CT molecular complexity index is 548. The molecule has 0 bridgehead atoms. The van der Waals surface area contributed by atoms with Crippen molar-refractivity contribution in [3.8, 4) is 0 Å². The van der Waals surface area contributed by atoms with Crippen LogP contribution in [-0.2, 0) is 26.2 Å². The van der Waals surface area contributed by atoms with Gasteiger partial charge in [-0.3, -0.25) is 0 Å². The predicted molar refractivity (Wildman–Crippen MR) is 94.8 cm³/mol. The molecular weight excluding hydrogens is 414 g/mol. The first-order chi connectivity index (χ1) is 9.36. The third kappa shape index (κ3) is 4.42. The molecule has 0 saturated carbocycles. The summed E-state index contributed by atoms with van der Waals surface area (Å²) in [7, 11) is -2.18. The van der Waals surface area contributed by atoms with Gasteiger partial charge < -0.3 is 5.11 Å². The first-order valence-electron chi connectivity index (χ1n) is 7.11. The molecule has 114 valence electrons. The summed E-state index contributed by atoms with van der Waals surface area (Å²) in [5, 5.41) is 15.6. The van der Waals surface area contributed by atoms with E-state index < -0.39 is 17.6 Å². The van der Waals surface area contributed by atoms with Crippen molar-refractivity contribution in [2.75, 3.05) is 6.61 Å². The van der Waals surface area contributed by atoms with E-state index in [0.717, 1.165) is 29.0 Å². The normalized spacial score (nSPS) is 19.5. The molecule has 2 aliphatic carbocycles. The summed E-state index contributed by atoms with van der Waals surface area (Å²) in [5.74, 6) is 0. The van der Waals surface area contributed by atoms with Crippen molar-refractivity contribution in [1.29, 1.82) is 0 Å². The molecule has 0 spiro atoms. The van der Waals surface area contributed by atoms with Gasteiger partial charge in [0, 0.05) is 55.7 Å². The minimum absolute atomic E-state index is 0. The number of rotatable bonds is 5. The van der Waals surface area contributed by atoms with Gasteiger partial charge in [0.25, 0.3) is 0 Å². The zero-order chi connectivity index (χ0) is 14.9. The zero-order valence-corrected chi connectivity index (χ0v) is 19.3. The fourth-order valence-electron chi connectivity index (χ4n) is 2.99. The molecule has 0 aromatic heterocycles. The number of aliphatic hydroxyl groups is 1. The monoisotopic (exact) mass is 434 g/mol. The molecule has 1 N–H and O–H groups in total. The van der Waals surface area contributed by atoms with E-state index in [1.54, 1.807) is 0 Å². The molecule has 1 nitrogen and oxygen atoms in total. The quantitative estimate of drug-likeness (QED) is 0.647. The fourth-order valence-corrected chi connectivity index (χ4v) is 9.81. The zero-order valence-electron chi connectivity index (χ0n) is 12.9. The number of hydrogen-bond donors (Lipinski definition) is 1. The van der Waals surface area contributed by atoms with E-state index in [9.17, 15) is 5.11 Å². The second-order valence-corrected chi connectivity index (χ2v) is 13.7. The Balaban J connectivity index is 0.00000220. The molecule has 2 rings (SSSR count). The summed E-state index contributed by atoms with van der Waals surface area (Å²) in [6.45, 7) is 7.07. The Morgan fingerprint density at radius 3 is 2.24 bits per heavy atom. The van der Waals surface area contributed by atoms with Gasteiger partial charge in [-0.15, -0.1) is 0 Å². The smallest absolute Gasteiger partial charge is 0.0907 e. The van der Waals surface area contributed by atoms with Gasteiger partial charge in [0.1, 0.15) is 0 Å². The van der Waals surface area contributed by atoms with Gasteiger partial charge in [-0.1, -0.05) is 59.2 Å². The fraction of sp³-hybridized carbons (Fsp3) is 0.467. The van der Waals surface area contributed by atoms with E-state index in [0.29, 0.717) is 0 Å². The molecule has 0 atom stereocenters. The molecule has 0 fully saturated rings. The first-order valence-corrected chi connectivity index (χ1v) is 12.5. The van der Waals surface area contributed by atoms with Crippen LogP contribution in [0.2, 0.25) is 19.1 Å². The van der Waals surface area contributed by atoms with Crippen LogP contribution in [-0.4, -0.2) is 29.3 Å². The Morgan fingerprint density at radius 1 is 1.14 bits per heavy atom. The van der Waals surface area contributed by atoms with Crippen molar-refractivity contribution in [3.05, 3.63) is 43.4 Å². The molecular formula is C15H22Cl2OSi2Zr. The summed E-state index contributed by atoms with van der Waals surface area (Å²) < 4.78 is 0. The second kappa shape index (κ2) is 8.08. The van der Waals surface area contributed by atoms with Crippen molar-refractivity contribution in [1.82, 2.24) is 0 Å². The maximum absolute atomic E-state index is 9.31. The van der Waals surface area contributed by atoms with E-state index >= 15 is 0 Å². The molecule has 0 aliphatic heterocycles. The summed E-state index contributed by atoms with van der Waals surface area (Å²) in [6, 6.07) is 0.905. The van der Waals surface area contributed by atoms with Crippen LogP contribution in [0.15, 0.2) is 43.4 Å². The van der Waals surface area contributed by atoms with Crippen LogP contribution < -0.4 is 0 Å². The molecule has 2 aliphatic rings. The van der Waals surface area contributed by atoms with Crippen LogP contribution >= 0.6 is 23.2 Å². The molecule has 6 heteroatoms. The van der Waals surface area contributed by atoms with Gasteiger partial charge in [0.2, 0.25) is 0 Å². The molecule has 21 heavy (non-hydrogen) atoms. The third-order valence-electron chi connectivity index (χ3n) is 4.35. The molecule has 0 aromatic rings. The summed E-state index contributed by atoms with van der Waals surface area (Å²) >= 11 is 12.9. The number of hydrogen-bond acceptors (Lipinski definition) is 1. The van der Waals surface area contributed by atoms with Crippen LogP contribution in [0.5, 0.6) is 0 Å². The number of allylic oxidation sites excluding steroid dienone is 8. The maximum Gasteiger partial charge on any atom is 0.0907 e. The molecule has 0 unspecified atom stereocenters. The topological polar surface area (TPSA) is 20.2 Å². The molecule has 0 saturated heterocycles. The van der Waals surface area contributed by atoms with Crippen LogP contribution in [0.3, 0.4) is 0 Å². The molecule has 0 amide bonds.